The van der Waals surface area contributed by atoms with Gasteiger partial charge >= 0.3 is 11.9 Å². The van der Waals surface area contributed by atoms with Gasteiger partial charge in [-0.25, -0.2) is 0 Å². The van der Waals surface area contributed by atoms with Crippen molar-refractivity contribution in [2.45, 2.75) is 203 Å². The van der Waals surface area contributed by atoms with Crippen molar-refractivity contribution in [1.29, 1.82) is 0 Å². The summed E-state index contributed by atoms with van der Waals surface area (Å²) in [6.45, 7) is 9.05. The van der Waals surface area contributed by atoms with Crippen molar-refractivity contribution in [3.05, 3.63) is 125 Å². The monoisotopic (exact) mass is 1340 g/mol. The Labute approximate surface area is 561 Å². The van der Waals surface area contributed by atoms with Crippen LogP contribution in [-0.4, -0.2) is 197 Å². The van der Waals surface area contributed by atoms with Gasteiger partial charge in [0.25, 0.3) is 5.09 Å². The van der Waals surface area contributed by atoms with E-state index < -0.39 is 115 Å². The first-order valence-corrected chi connectivity index (χ1v) is 32.7. The molecule has 0 spiro atoms. The van der Waals surface area contributed by atoms with Gasteiger partial charge in [-0.15, -0.1) is 10.1 Å². The Morgan fingerprint density at radius 2 is 1.31 bits per heavy atom. The van der Waals surface area contributed by atoms with Crippen molar-refractivity contribution in [3.63, 3.8) is 0 Å². The number of cyclic esters (lactones) is 1. The molecule has 3 heterocycles. The van der Waals surface area contributed by atoms with Crippen LogP contribution in [0.5, 0.6) is 0 Å². The van der Waals surface area contributed by atoms with E-state index in [0.717, 1.165) is 5.69 Å². The molecule has 24 nitrogen and oxygen atoms in total. The molecule has 1 aromatic carbocycles. The Bertz CT molecular complexity index is 2720. The molecule has 0 amide bonds. The molecule has 4 rings (SSSR count). The molecule has 2 N–H and O–H groups in total. The molecule has 15 unspecified atom stereocenters. The number of nitrogens with zero attached hydrogens (tertiary/aromatic N) is 1. The van der Waals surface area contributed by atoms with Gasteiger partial charge in [0, 0.05) is 139 Å². The number of Topliss-reactive ketones (excluding diaryl/α,β-unsaturated/α-hetero) is 3. The molecule has 0 saturated carbocycles. The number of methoxy groups -OCH3 is 8. The third-order valence-electron chi connectivity index (χ3n) is 17.8. The molecule has 532 valence electrons. The zero-order valence-electron chi connectivity index (χ0n) is 58.3. The van der Waals surface area contributed by atoms with Crippen molar-refractivity contribution < 1.29 is 95.5 Å². The van der Waals surface area contributed by atoms with Gasteiger partial charge in [0.05, 0.1) is 54.9 Å². The number of anilines is 1. The number of hydrogen-bond acceptors (Lipinski definition) is 23. The minimum atomic E-state index is -1.59. The lowest BCUT2D eigenvalue weighted by atomic mass is 9.82. The predicted octanol–water partition coefficient (Wildman–Crippen LogP) is 9.74. The molecule has 19 atom stereocenters. The molecule has 95 heavy (non-hydrogen) atoms. The number of benzene rings is 1. The summed E-state index contributed by atoms with van der Waals surface area (Å²) in [5.41, 5.74) is 1.48. The SMILES string of the molecule is CNc1ccc(C(=O)CC(OC)C(C)CC(C)C2OC(=O)CC(=O)CCCC(=O)CC(OC)CC(OC)CC(OC)CC3(OC)CC(OC)C(C(=O)OC(C)O[N+](=O)[O-])C(CC(OC4O[C@H](C)[C@@H](OC)[C@H](NC)[C@@H]4OC)/C=C/C=C/C=C/C=C/C=C/C=C/C=C/C2C)O3)cc1. The van der Waals surface area contributed by atoms with Crippen LogP contribution in [0.1, 0.15) is 122 Å². The minimum Gasteiger partial charge on any atom is -0.461 e. The number of ether oxygens (including phenoxy) is 13. The summed E-state index contributed by atoms with van der Waals surface area (Å²) in [7, 11) is 15.8. The first-order chi connectivity index (χ1) is 45.5. The summed E-state index contributed by atoms with van der Waals surface area (Å²) < 4.78 is 80.0. The average molecular weight is 1340 g/mol. The Morgan fingerprint density at radius 3 is 1.85 bits per heavy atom. The summed E-state index contributed by atoms with van der Waals surface area (Å²) in [6, 6.07) is 6.91. The fraction of sp³-hybridized carbons (Fsp3) is 0.648. The number of esters is 2. The molecule has 3 aliphatic rings. The zero-order valence-corrected chi connectivity index (χ0v) is 58.3. The Hall–Kier alpha value is -6.13. The molecular weight excluding hydrogens is 1230 g/mol. The zero-order chi connectivity index (χ0) is 70.0. The van der Waals surface area contributed by atoms with E-state index in [1.54, 1.807) is 65.8 Å². The van der Waals surface area contributed by atoms with Gasteiger partial charge in [-0.2, -0.15) is 0 Å². The summed E-state index contributed by atoms with van der Waals surface area (Å²) in [4.78, 5) is 84.3. The molecule has 2 bridgehead atoms. The average Bonchev–Trinajstić information content (AvgIpc) is 0.777. The topological polar surface area (TPSA) is 282 Å². The lowest BCUT2D eigenvalue weighted by Crippen LogP contribution is -2.63. The van der Waals surface area contributed by atoms with Crippen LogP contribution in [0.4, 0.5) is 5.69 Å². The van der Waals surface area contributed by atoms with E-state index in [0.29, 0.717) is 12.0 Å². The number of likely N-dealkylation sites (N-methyl/N-ethyl adjacent to an activating group) is 1. The molecule has 0 aliphatic carbocycles. The predicted molar refractivity (Wildman–Crippen MR) is 356 cm³/mol. The van der Waals surface area contributed by atoms with E-state index in [1.807, 2.05) is 114 Å². The normalized spacial score (nSPS) is 32.9. The number of nitrogens with one attached hydrogen (secondary N) is 2. The van der Waals surface area contributed by atoms with E-state index in [-0.39, 0.29) is 105 Å². The molecule has 2 fully saturated rings. The molecular formula is C71H107N3O21. The smallest absolute Gasteiger partial charge is 0.316 e. The number of rotatable bonds is 23. The summed E-state index contributed by atoms with van der Waals surface area (Å²) in [5.74, 6) is -5.43. The highest BCUT2D eigenvalue weighted by molar-refractivity contribution is 5.97. The Balaban J connectivity index is 1.71. The third-order valence-corrected chi connectivity index (χ3v) is 17.8. The molecule has 24 heteroatoms. The van der Waals surface area contributed by atoms with Gasteiger partial charge in [0.15, 0.2) is 17.9 Å². The number of ketones is 3. The van der Waals surface area contributed by atoms with E-state index in [1.165, 1.54) is 35.4 Å². The van der Waals surface area contributed by atoms with Crippen molar-refractivity contribution in [2.75, 3.05) is 76.3 Å². The lowest BCUT2D eigenvalue weighted by molar-refractivity contribution is -0.777. The van der Waals surface area contributed by atoms with E-state index in [2.05, 4.69) is 15.5 Å². The maximum Gasteiger partial charge on any atom is 0.316 e. The van der Waals surface area contributed by atoms with Crippen LogP contribution in [-0.2, 0) is 85.6 Å². The summed E-state index contributed by atoms with van der Waals surface area (Å²) >= 11 is 0. The fourth-order valence-electron chi connectivity index (χ4n) is 12.6. The highest BCUT2D eigenvalue weighted by Crippen LogP contribution is 2.42. The second kappa shape index (κ2) is 43.2. The van der Waals surface area contributed by atoms with Gasteiger partial charge in [0.2, 0.25) is 6.29 Å². The Kier molecular flexibility index (Phi) is 37.0. The maximum atomic E-state index is 14.4. The van der Waals surface area contributed by atoms with Gasteiger partial charge in [-0.05, 0) is 69.8 Å². The first-order valence-electron chi connectivity index (χ1n) is 32.7. The fourth-order valence-corrected chi connectivity index (χ4v) is 12.6. The lowest BCUT2D eigenvalue weighted by Gasteiger charge is -2.48. The van der Waals surface area contributed by atoms with Crippen molar-refractivity contribution in [1.82, 2.24) is 5.32 Å². The molecule has 3 aliphatic heterocycles. The van der Waals surface area contributed by atoms with Crippen LogP contribution in [0, 0.1) is 33.8 Å². The van der Waals surface area contributed by atoms with E-state index in [9.17, 15) is 34.1 Å². The molecule has 2 saturated heterocycles. The van der Waals surface area contributed by atoms with Crippen molar-refractivity contribution in [2.24, 2.45) is 23.7 Å². The van der Waals surface area contributed by atoms with Gasteiger partial charge in [-0.1, -0.05) is 106 Å². The van der Waals surface area contributed by atoms with E-state index in [4.69, 9.17) is 61.6 Å². The molecule has 0 aromatic heterocycles. The first kappa shape index (κ1) is 81.3. The summed E-state index contributed by atoms with van der Waals surface area (Å²) in [5, 5.41) is 16.7. The third kappa shape index (κ3) is 27.0. The van der Waals surface area contributed by atoms with Gasteiger partial charge in [-0.3, -0.25) is 28.8 Å². The van der Waals surface area contributed by atoms with Crippen LogP contribution in [0.3, 0.4) is 0 Å². The second-order valence-electron chi connectivity index (χ2n) is 24.4. The molecule has 0 radical (unpaired) electrons. The highest BCUT2D eigenvalue weighted by Gasteiger charge is 2.54. The van der Waals surface area contributed by atoms with Crippen LogP contribution >= 0.6 is 0 Å². The number of allylic oxidation sites excluding steroid dienone is 12. The van der Waals surface area contributed by atoms with Crippen LogP contribution < -0.4 is 10.6 Å². The minimum absolute atomic E-state index is 0.0197. The van der Waals surface area contributed by atoms with Crippen molar-refractivity contribution in [3.8, 4) is 0 Å². The van der Waals surface area contributed by atoms with Gasteiger partial charge < -0.3 is 72.2 Å². The largest absolute Gasteiger partial charge is 0.461 e. The number of hydrogen-bond donors (Lipinski definition) is 2. The maximum absolute atomic E-state index is 14.4. The number of carbonyl (C=O) groups excluding carboxylic acids is 5. The van der Waals surface area contributed by atoms with Crippen molar-refractivity contribution >= 4 is 35.0 Å². The summed E-state index contributed by atoms with van der Waals surface area (Å²) in [6.07, 6.45) is 17.1. The van der Waals surface area contributed by atoms with E-state index >= 15 is 0 Å². The quantitative estimate of drug-likeness (QED) is 0.0257. The molecule has 1 aromatic rings. The second-order valence-corrected chi connectivity index (χ2v) is 24.4. The van der Waals surface area contributed by atoms with Crippen LogP contribution in [0.15, 0.2) is 109 Å². The number of carbonyl (C=O) groups is 5. The highest BCUT2D eigenvalue weighted by atomic mass is 17.0. The number of fused-ring (bicyclic) bond motifs is 2. The van der Waals surface area contributed by atoms with Crippen LogP contribution in [0.2, 0.25) is 0 Å². The Morgan fingerprint density at radius 1 is 0.716 bits per heavy atom. The van der Waals surface area contributed by atoms with Gasteiger partial charge in [0.1, 0.15) is 42.2 Å². The van der Waals surface area contributed by atoms with Crippen LogP contribution in [0.25, 0.3) is 0 Å². The standard InChI is InChI=1S/C71H107N3O21/c1-46-29-26-24-22-20-18-16-17-19-21-23-25-27-32-55(92-70-68(88-14)65(73-7)67(87-13)49(4)90-70)42-61-64(69(79)91-50(5)95-74(80)81)62(86-12)45-71(89-15,94-61)44-58(84-10)41-57(83-9)40-56(82-8)38-53(75)30-28-31-54(76)39-63(78)93-66(46)48(3)37-47(2)60(85-11)43-59(77)51-33-35-52(72-6)36-34-51/h16-27,29,32-36,46-50,55-58,60-62,64-68,70,72-73H,28,30-31,37-45H2,1-15H3/b17-16+,20-18+,21-19+,24-22+,25-23+,29-26+,32-27+/t46?,47?,48?,49-,50?,55?,56?,57?,58?,60?,61?,62?,64?,65+,66?,67-,68+,70?,71?/m1/s1.